The molecule has 3 atom stereocenters. The summed E-state index contributed by atoms with van der Waals surface area (Å²) in [6, 6.07) is 20.2. The molecule has 0 aliphatic carbocycles. The average Bonchev–Trinajstić information content (AvgIpc) is 3.02. The number of hydrogen-bond acceptors (Lipinski definition) is 6. The van der Waals surface area contributed by atoms with Crippen molar-refractivity contribution in [2.75, 3.05) is 19.6 Å². The number of carbonyl (C=O) groups excluding carboxylic acids is 2. The fourth-order valence-electron chi connectivity index (χ4n) is 5.34. The number of carbonyl (C=O) groups is 2. The maximum atomic E-state index is 13.8. The topological polar surface area (TPSA) is 128 Å². The Balaban J connectivity index is 1.80. The van der Waals surface area contributed by atoms with Crippen LogP contribution < -0.4 is 16.0 Å². The summed E-state index contributed by atoms with van der Waals surface area (Å²) < 4.78 is 42.5. The van der Waals surface area contributed by atoms with Gasteiger partial charge in [0.2, 0.25) is 21.8 Å². The molecule has 262 valence electrons. The summed E-state index contributed by atoms with van der Waals surface area (Å²) in [5.74, 6) is -1.64. The molecule has 0 aliphatic heterocycles. The first kappa shape index (κ1) is 38.8. The van der Waals surface area contributed by atoms with Crippen LogP contribution in [-0.4, -0.2) is 67.5 Å². The smallest absolute Gasteiger partial charge is 0.243 e. The van der Waals surface area contributed by atoms with Gasteiger partial charge in [0.25, 0.3) is 0 Å². The number of amides is 2. The number of halogens is 1. The van der Waals surface area contributed by atoms with Crippen LogP contribution in [0.5, 0.6) is 0 Å². The first-order chi connectivity index (χ1) is 22.5. The Bertz CT molecular complexity index is 1600. The second-order valence-electron chi connectivity index (χ2n) is 13.7. The zero-order chi connectivity index (χ0) is 35.6. The van der Waals surface area contributed by atoms with Gasteiger partial charge in [-0.25, -0.2) is 12.8 Å². The molecule has 3 aromatic rings. The molecule has 0 saturated heterocycles. The number of hydrogen-bond donors (Lipinski definition) is 4. The summed E-state index contributed by atoms with van der Waals surface area (Å²) in [7, 11) is -3.95. The van der Waals surface area contributed by atoms with Crippen LogP contribution in [0.25, 0.3) is 0 Å². The van der Waals surface area contributed by atoms with Crippen LogP contribution in [0.4, 0.5) is 4.39 Å². The summed E-state index contributed by atoms with van der Waals surface area (Å²) in [6.45, 7) is 12.7. The number of aryl methyl sites for hydroxylation is 1. The van der Waals surface area contributed by atoms with Gasteiger partial charge in [-0.1, -0.05) is 87.9 Å². The lowest BCUT2D eigenvalue weighted by atomic mass is 9.94. The molecule has 48 heavy (non-hydrogen) atoms. The van der Waals surface area contributed by atoms with Crippen LogP contribution in [0.2, 0.25) is 0 Å². The zero-order valence-corrected chi connectivity index (χ0v) is 29.9. The number of sulfonamides is 1. The molecule has 2 amide bonds. The van der Waals surface area contributed by atoms with Gasteiger partial charge in [-0.05, 0) is 74.4 Å². The third-order valence-electron chi connectivity index (χ3n) is 8.21. The van der Waals surface area contributed by atoms with Crippen molar-refractivity contribution >= 4 is 21.8 Å². The van der Waals surface area contributed by atoms with Crippen molar-refractivity contribution in [2.45, 2.75) is 83.5 Å². The molecule has 0 bridgehead atoms. The maximum absolute atomic E-state index is 13.8. The van der Waals surface area contributed by atoms with Crippen molar-refractivity contribution < 1.29 is 27.5 Å². The number of aliphatic hydroxyl groups is 1. The Labute approximate surface area is 285 Å². The highest BCUT2D eigenvalue weighted by atomic mass is 32.2. The second kappa shape index (κ2) is 17.1. The van der Waals surface area contributed by atoms with E-state index in [1.807, 2.05) is 65.0 Å². The molecule has 0 heterocycles. The molecule has 0 aromatic heterocycles. The fraction of sp³-hybridized carbons (Fsp3) is 0.459. The van der Waals surface area contributed by atoms with Gasteiger partial charge in [0.05, 0.1) is 23.6 Å². The monoisotopic (exact) mass is 682 g/mol. The van der Waals surface area contributed by atoms with Crippen LogP contribution in [0.3, 0.4) is 0 Å². The van der Waals surface area contributed by atoms with E-state index in [2.05, 4.69) is 16.0 Å². The average molecular weight is 683 g/mol. The van der Waals surface area contributed by atoms with Crippen molar-refractivity contribution in [1.29, 1.82) is 0 Å². The molecule has 0 unspecified atom stereocenters. The minimum absolute atomic E-state index is 0.0281. The van der Waals surface area contributed by atoms with Crippen molar-refractivity contribution in [3.63, 3.8) is 0 Å². The second-order valence-corrected chi connectivity index (χ2v) is 15.6. The first-order valence-electron chi connectivity index (χ1n) is 16.4. The van der Waals surface area contributed by atoms with E-state index in [0.717, 1.165) is 11.1 Å². The lowest BCUT2D eigenvalue weighted by Gasteiger charge is -2.32. The Morgan fingerprint density at radius 2 is 1.54 bits per heavy atom. The largest absolute Gasteiger partial charge is 0.390 e. The summed E-state index contributed by atoms with van der Waals surface area (Å²) in [4.78, 5) is 27.0. The predicted octanol–water partition coefficient (Wildman–Crippen LogP) is 4.53. The molecule has 0 spiro atoms. The molecular formula is C37H51FN4O5S. The zero-order valence-electron chi connectivity index (χ0n) is 29.0. The van der Waals surface area contributed by atoms with E-state index >= 15 is 0 Å². The van der Waals surface area contributed by atoms with Gasteiger partial charge in [0, 0.05) is 18.6 Å². The standard InChI is InChI=1S/C37H51FN4O5S/c1-25(2)23-42(48(46,47)31-18-16-27(5)17-19-31)24-33(43)32(20-28-12-9-8-10-13-28)40-36(45)35(26(3)4)41-34(44)22-39-37(6,7)29-14-11-15-30(38)21-29/h8-19,21,25-26,32-33,35,39,43H,20,22-24H2,1-7H3,(H,40,45)(H,41,44)/t32-,33+,35-/m0/s1. The van der Waals surface area contributed by atoms with Crippen molar-refractivity contribution in [3.05, 3.63) is 101 Å². The van der Waals surface area contributed by atoms with Gasteiger partial charge in [0.1, 0.15) is 11.9 Å². The number of nitrogens with one attached hydrogen (secondary N) is 3. The minimum atomic E-state index is -3.95. The molecular weight excluding hydrogens is 631 g/mol. The Hall–Kier alpha value is -3.64. The molecule has 0 radical (unpaired) electrons. The van der Waals surface area contributed by atoms with E-state index in [4.69, 9.17) is 0 Å². The summed E-state index contributed by atoms with van der Waals surface area (Å²) in [5, 5.41) is 20.5. The highest BCUT2D eigenvalue weighted by molar-refractivity contribution is 7.89. The van der Waals surface area contributed by atoms with Crippen LogP contribution in [-0.2, 0) is 31.6 Å². The minimum Gasteiger partial charge on any atom is -0.390 e. The highest BCUT2D eigenvalue weighted by Crippen LogP contribution is 2.21. The Kier molecular flexibility index (Phi) is 13.9. The van der Waals surface area contributed by atoms with E-state index in [1.54, 1.807) is 50.2 Å². The van der Waals surface area contributed by atoms with Crippen LogP contribution in [0.15, 0.2) is 83.8 Å². The normalized spacial score (nSPS) is 14.2. The molecule has 0 fully saturated rings. The summed E-state index contributed by atoms with van der Waals surface area (Å²) in [6.07, 6.45) is -1.04. The summed E-state index contributed by atoms with van der Waals surface area (Å²) in [5.41, 5.74) is 1.71. The van der Waals surface area contributed by atoms with Gasteiger partial charge in [-0.15, -0.1) is 0 Å². The fourth-order valence-corrected chi connectivity index (χ4v) is 6.96. The Morgan fingerprint density at radius 1 is 0.896 bits per heavy atom. The number of benzene rings is 3. The number of aliphatic hydroxyl groups excluding tert-OH is 1. The van der Waals surface area contributed by atoms with Crippen LogP contribution >= 0.6 is 0 Å². The molecule has 0 saturated carbocycles. The van der Waals surface area contributed by atoms with Gasteiger partial charge >= 0.3 is 0 Å². The lowest BCUT2D eigenvalue weighted by molar-refractivity contribution is -0.130. The summed E-state index contributed by atoms with van der Waals surface area (Å²) >= 11 is 0. The van der Waals surface area contributed by atoms with Crippen molar-refractivity contribution in [2.24, 2.45) is 11.8 Å². The number of rotatable bonds is 17. The Morgan fingerprint density at radius 3 is 2.12 bits per heavy atom. The van der Waals surface area contributed by atoms with E-state index in [-0.39, 0.29) is 48.6 Å². The molecule has 11 heteroatoms. The van der Waals surface area contributed by atoms with Gasteiger partial charge in [-0.2, -0.15) is 4.31 Å². The molecule has 0 aliphatic rings. The van der Waals surface area contributed by atoms with Crippen LogP contribution in [0, 0.1) is 24.6 Å². The maximum Gasteiger partial charge on any atom is 0.243 e. The quantitative estimate of drug-likeness (QED) is 0.166. The molecule has 4 N–H and O–H groups in total. The molecule has 9 nitrogen and oxygen atoms in total. The van der Waals surface area contributed by atoms with Gasteiger partial charge in [-0.3, -0.25) is 14.9 Å². The van der Waals surface area contributed by atoms with E-state index in [1.165, 1.54) is 16.4 Å². The van der Waals surface area contributed by atoms with E-state index in [0.29, 0.717) is 5.56 Å². The predicted molar refractivity (Wildman–Crippen MR) is 187 cm³/mol. The third-order valence-corrected chi connectivity index (χ3v) is 10.1. The lowest BCUT2D eigenvalue weighted by Crippen LogP contribution is -2.58. The van der Waals surface area contributed by atoms with Crippen molar-refractivity contribution in [3.8, 4) is 0 Å². The highest BCUT2D eigenvalue weighted by Gasteiger charge is 2.33. The number of nitrogens with zero attached hydrogens (tertiary/aromatic N) is 1. The van der Waals surface area contributed by atoms with E-state index in [9.17, 15) is 27.5 Å². The van der Waals surface area contributed by atoms with Gasteiger partial charge in [0.15, 0.2) is 0 Å². The first-order valence-corrected chi connectivity index (χ1v) is 17.8. The SMILES string of the molecule is Cc1ccc(S(=O)(=O)N(CC(C)C)C[C@@H](O)[C@H](Cc2ccccc2)NC(=O)[C@@H](NC(=O)CNC(C)(C)c2cccc(F)c2)C(C)C)cc1. The van der Waals surface area contributed by atoms with E-state index < -0.39 is 45.6 Å². The van der Waals surface area contributed by atoms with Gasteiger partial charge < -0.3 is 15.7 Å². The van der Waals surface area contributed by atoms with Crippen molar-refractivity contribution in [1.82, 2.24) is 20.3 Å². The van der Waals surface area contributed by atoms with Crippen LogP contribution in [0.1, 0.15) is 58.2 Å². The molecule has 3 aromatic carbocycles. The third kappa shape index (κ3) is 11.2. The molecule has 3 rings (SSSR count).